The smallest absolute Gasteiger partial charge is 0.238 e. The second-order valence-electron chi connectivity index (χ2n) is 5.56. The number of aryl methyl sites for hydroxylation is 1. The number of halogens is 2. The van der Waals surface area contributed by atoms with E-state index in [1.807, 2.05) is 26.1 Å². The van der Waals surface area contributed by atoms with Gasteiger partial charge < -0.3 is 11.1 Å². The third-order valence-corrected chi connectivity index (χ3v) is 4.50. The van der Waals surface area contributed by atoms with Gasteiger partial charge in [-0.1, -0.05) is 0 Å². The summed E-state index contributed by atoms with van der Waals surface area (Å²) in [6.45, 7) is 3.02. The molecule has 1 aromatic carbocycles. The summed E-state index contributed by atoms with van der Waals surface area (Å²) in [4.78, 5) is 14.2. The molecule has 1 amide bonds. The minimum absolute atomic E-state index is 0. The minimum atomic E-state index is 0. The Morgan fingerprint density at radius 1 is 1.52 bits per heavy atom. The zero-order chi connectivity index (χ0) is 14.7. The normalized spacial score (nSPS) is 15.5. The molecule has 0 radical (unpaired) electrons. The Hall–Kier alpha value is -0.370. The van der Waals surface area contributed by atoms with Crippen molar-refractivity contribution in [2.75, 3.05) is 25.5 Å². The first-order chi connectivity index (χ1) is 9.51. The number of rotatable bonds is 6. The van der Waals surface area contributed by atoms with Crippen LogP contribution < -0.4 is 11.1 Å². The number of amides is 1. The van der Waals surface area contributed by atoms with E-state index < -0.39 is 0 Å². The van der Waals surface area contributed by atoms with Gasteiger partial charge in [-0.05, 0) is 79.1 Å². The van der Waals surface area contributed by atoms with E-state index in [9.17, 15) is 4.79 Å². The molecular formula is C15H23ClIN3O. The molecule has 1 unspecified atom stereocenters. The van der Waals surface area contributed by atoms with Gasteiger partial charge in [0.05, 0.1) is 6.54 Å². The average molecular weight is 424 g/mol. The Morgan fingerprint density at radius 2 is 2.19 bits per heavy atom. The molecule has 21 heavy (non-hydrogen) atoms. The van der Waals surface area contributed by atoms with E-state index >= 15 is 0 Å². The molecule has 1 aromatic rings. The van der Waals surface area contributed by atoms with Crippen molar-refractivity contribution in [2.24, 2.45) is 11.7 Å². The van der Waals surface area contributed by atoms with Gasteiger partial charge in [0.2, 0.25) is 5.91 Å². The van der Waals surface area contributed by atoms with Crippen molar-refractivity contribution in [3.05, 3.63) is 27.3 Å². The predicted molar refractivity (Wildman–Crippen MR) is 98.0 cm³/mol. The fraction of sp³-hybridized carbons (Fsp3) is 0.533. The third-order valence-electron chi connectivity index (χ3n) is 3.83. The predicted octanol–water partition coefficient (Wildman–Crippen LogP) is 2.63. The van der Waals surface area contributed by atoms with Crippen LogP contribution in [0.5, 0.6) is 0 Å². The standard InChI is InChI=1S/C15H22IN3O.ClH/c1-10-7-12(16)5-6-13(10)18-15(20)9-19(2)14(8-17)11-3-4-11;/h5-7,11,14H,3-4,8-9,17H2,1-2H3,(H,18,20);1H. The molecular weight excluding hydrogens is 401 g/mol. The Bertz CT molecular complexity index is 494. The largest absolute Gasteiger partial charge is 0.329 e. The first-order valence-electron chi connectivity index (χ1n) is 6.97. The number of hydrogen-bond donors (Lipinski definition) is 2. The fourth-order valence-corrected chi connectivity index (χ4v) is 3.16. The lowest BCUT2D eigenvalue weighted by Gasteiger charge is -2.26. The van der Waals surface area contributed by atoms with Crippen molar-refractivity contribution in [3.8, 4) is 0 Å². The first-order valence-corrected chi connectivity index (χ1v) is 8.05. The quantitative estimate of drug-likeness (QED) is 0.692. The van der Waals surface area contributed by atoms with Crippen molar-refractivity contribution < 1.29 is 4.79 Å². The number of hydrogen-bond acceptors (Lipinski definition) is 3. The second kappa shape index (κ2) is 8.31. The number of nitrogens with zero attached hydrogens (tertiary/aromatic N) is 1. The van der Waals surface area contributed by atoms with Crippen molar-refractivity contribution in [3.63, 3.8) is 0 Å². The van der Waals surface area contributed by atoms with E-state index in [1.165, 1.54) is 16.4 Å². The molecule has 118 valence electrons. The molecule has 1 atom stereocenters. The second-order valence-corrected chi connectivity index (χ2v) is 6.81. The number of carbonyl (C=O) groups excluding carboxylic acids is 1. The molecule has 1 aliphatic rings. The lowest BCUT2D eigenvalue weighted by molar-refractivity contribution is -0.117. The SMILES string of the molecule is Cc1cc(I)ccc1NC(=O)CN(C)C(CN)C1CC1.Cl. The van der Waals surface area contributed by atoms with Crippen LogP contribution in [0.25, 0.3) is 0 Å². The van der Waals surface area contributed by atoms with Crippen molar-refractivity contribution in [1.29, 1.82) is 0 Å². The molecule has 1 saturated carbocycles. The lowest BCUT2D eigenvalue weighted by atomic mass is 10.1. The third kappa shape index (κ3) is 5.39. The van der Waals surface area contributed by atoms with Crippen LogP contribution in [0, 0.1) is 16.4 Å². The zero-order valence-corrected chi connectivity index (χ0v) is 15.4. The Labute approximate surface area is 146 Å². The van der Waals surface area contributed by atoms with E-state index in [1.54, 1.807) is 0 Å². The first kappa shape index (κ1) is 18.7. The summed E-state index contributed by atoms with van der Waals surface area (Å²) in [7, 11) is 1.98. The molecule has 0 spiro atoms. The average Bonchev–Trinajstić information content (AvgIpc) is 3.18. The van der Waals surface area contributed by atoms with E-state index in [0.717, 1.165) is 11.3 Å². The maximum atomic E-state index is 12.1. The Balaban J connectivity index is 0.00000220. The highest BCUT2D eigenvalue weighted by Gasteiger charge is 2.33. The molecule has 0 aromatic heterocycles. The van der Waals surface area contributed by atoms with Gasteiger partial charge >= 0.3 is 0 Å². The number of nitrogens with two attached hydrogens (primary N) is 1. The van der Waals surface area contributed by atoms with Gasteiger partial charge in [0.15, 0.2) is 0 Å². The molecule has 3 N–H and O–H groups in total. The van der Waals surface area contributed by atoms with Crippen LogP contribution >= 0.6 is 35.0 Å². The highest BCUT2D eigenvalue weighted by molar-refractivity contribution is 14.1. The summed E-state index contributed by atoms with van der Waals surface area (Å²) in [5, 5.41) is 2.98. The summed E-state index contributed by atoms with van der Waals surface area (Å²) < 4.78 is 1.17. The number of benzene rings is 1. The van der Waals surface area contributed by atoms with Crippen LogP contribution in [0.1, 0.15) is 18.4 Å². The summed E-state index contributed by atoms with van der Waals surface area (Å²) in [6, 6.07) is 6.35. The van der Waals surface area contributed by atoms with Gasteiger partial charge in [0.1, 0.15) is 0 Å². The van der Waals surface area contributed by atoms with Crippen molar-refractivity contribution in [1.82, 2.24) is 4.90 Å². The number of likely N-dealkylation sites (N-methyl/N-ethyl adjacent to an activating group) is 1. The Morgan fingerprint density at radius 3 is 2.71 bits per heavy atom. The van der Waals surface area contributed by atoms with E-state index in [0.29, 0.717) is 25.0 Å². The van der Waals surface area contributed by atoms with Gasteiger partial charge in [0, 0.05) is 21.8 Å². The summed E-state index contributed by atoms with van der Waals surface area (Å²) in [5.41, 5.74) is 7.79. The lowest BCUT2D eigenvalue weighted by Crippen LogP contribution is -2.43. The van der Waals surface area contributed by atoms with Crippen LogP contribution in [0.2, 0.25) is 0 Å². The van der Waals surface area contributed by atoms with Gasteiger partial charge in [-0.25, -0.2) is 0 Å². The van der Waals surface area contributed by atoms with Crippen LogP contribution in [-0.2, 0) is 4.79 Å². The molecule has 0 heterocycles. The zero-order valence-electron chi connectivity index (χ0n) is 12.4. The van der Waals surface area contributed by atoms with E-state index in [2.05, 4.69) is 38.9 Å². The monoisotopic (exact) mass is 423 g/mol. The van der Waals surface area contributed by atoms with Crippen LogP contribution in [0.3, 0.4) is 0 Å². The summed E-state index contributed by atoms with van der Waals surface area (Å²) in [5.74, 6) is 0.703. The minimum Gasteiger partial charge on any atom is -0.329 e. The molecule has 0 aliphatic heterocycles. The highest BCUT2D eigenvalue weighted by atomic mass is 127. The molecule has 4 nitrogen and oxygen atoms in total. The molecule has 1 fully saturated rings. The topological polar surface area (TPSA) is 58.4 Å². The van der Waals surface area contributed by atoms with E-state index in [-0.39, 0.29) is 18.3 Å². The number of nitrogens with one attached hydrogen (secondary N) is 1. The fourth-order valence-electron chi connectivity index (χ4n) is 2.51. The Kier molecular flexibility index (Phi) is 7.39. The van der Waals surface area contributed by atoms with Gasteiger partial charge in [-0.2, -0.15) is 0 Å². The van der Waals surface area contributed by atoms with Gasteiger partial charge in [-0.15, -0.1) is 12.4 Å². The van der Waals surface area contributed by atoms with Crippen LogP contribution in [0.4, 0.5) is 5.69 Å². The molecule has 0 saturated heterocycles. The van der Waals surface area contributed by atoms with Crippen LogP contribution in [0.15, 0.2) is 18.2 Å². The van der Waals surface area contributed by atoms with Crippen LogP contribution in [-0.4, -0.2) is 37.0 Å². The van der Waals surface area contributed by atoms with Crippen molar-refractivity contribution in [2.45, 2.75) is 25.8 Å². The van der Waals surface area contributed by atoms with E-state index in [4.69, 9.17) is 5.73 Å². The molecule has 1 aliphatic carbocycles. The highest BCUT2D eigenvalue weighted by Crippen LogP contribution is 2.34. The summed E-state index contributed by atoms with van der Waals surface area (Å²) in [6.07, 6.45) is 2.48. The molecule has 6 heteroatoms. The molecule has 0 bridgehead atoms. The molecule has 2 rings (SSSR count). The number of anilines is 1. The van der Waals surface area contributed by atoms with Gasteiger partial charge in [0.25, 0.3) is 0 Å². The summed E-state index contributed by atoms with van der Waals surface area (Å²) >= 11 is 2.27. The number of carbonyl (C=O) groups is 1. The maximum Gasteiger partial charge on any atom is 0.238 e. The van der Waals surface area contributed by atoms with Crippen molar-refractivity contribution >= 4 is 46.6 Å². The maximum absolute atomic E-state index is 12.1. The van der Waals surface area contributed by atoms with Gasteiger partial charge in [-0.3, -0.25) is 9.69 Å².